The molecule has 0 bridgehead atoms. The summed E-state index contributed by atoms with van der Waals surface area (Å²) in [6, 6.07) is 8.42. The lowest BCUT2D eigenvalue weighted by Gasteiger charge is -2.11. The molecule has 0 heterocycles. The van der Waals surface area contributed by atoms with Crippen LogP contribution < -0.4 is 0 Å². The van der Waals surface area contributed by atoms with E-state index in [-0.39, 0.29) is 12.2 Å². The molecule has 0 aromatic heterocycles. The van der Waals surface area contributed by atoms with Crippen molar-refractivity contribution in [1.29, 1.82) is 0 Å². The van der Waals surface area contributed by atoms with Gasteiger partial charge in [0.1, 0.15) is 0 Å². The van der Waals surface area contributed by atoms with Crippen molar-refractivity contribution in [2.75, 3.05) is 14.2 Å². The van der Waals surface area contributed by atoms with Gasteiger partial charge in [0.05, 0.1) is 14.2 Å². The second-order valence-electron chi connectivity index (χ2n) is 3.59. The predicted octanol–water partition coefficient (Wildman–Crippen LogP) is 1.22. The highest BCUT2D eigenvalue weighted by Crippen LogP contribution is 2.13. The average molecular weight is 250 g/mol. The zero-order valence-corrected chi connectivity index (χ0v) is 10.2. The van der Waals surface area contributed by atoms with Gasteiger partial charge in [0.25, 0.3) is 0 Å². The molecule has 1 rings (SSSR count). The lowest BCUT2D eigenvalue weighted by molar-refractivity contribution is -0.158. The Bertz CT molecular complexity index is 422. The summed E-state index contributed by atoms with van der Waals surface area (Å²) in [4.78, 5) is 34.7. The molecular formula is C13H14O5. The standard InChI is InChI=1S/C13H14O5/c1-17-12(15)10(13(16)18-2)8-11(14)9-6-4-3-5-7-9/h3-7,10H,8H2,1-2H3. The van der Waals surface area contributed by atoms with Gasteiger partial charge in [-0.1, -0.05) is 30.3 Å². The number of carbonyl (C=O) groups excluding carboxylic acids is 3. The van der Waals surface area contributed by atoms with Gasteiger partial charge in [-0.25, -0.2) is 0 Å². The van der Waals surface area contributed by atoms with Crippen molar-refractivity contribution >= 4 is 17.7 Å². The largest absolute Gasteiger partial charge is 0.468 e. The van der Waals surface area contributed by atoms with E-state index in [2.05, 4.69) is 9.47 Å². The maximum atomic E-state index is 11.9. The van der Waals surface area contributed by atoms with Crippen molar-refractivity contribution in [3.63, 3.8) is 0 Å². The van der Waals surface area contributed by atoms with E-state index in [9.17, 15) is 14.4 Å². The molecule has 0 atom stereocenters. The quantitative estimate of drug-likeness (QED) is 0.446. The molecule has 0 aliphatic carbocycles. The van der Waals surface area contributed by atoms with Gasteiger partial charge < -0.3 is 9.47 Å². The minimum Gasteiger partial charge on any atom is -0.468 e. The zero-order chi connectivity index (χ0) is 13.5. The molecule has 0 radical (unpaired) electrons. The molecule has 0 aliphatic heterocycles. The van der Waals surface area contributed by atoms with Gasteiger partial charge in [-0.2, -0.15) is 0 Å². The van der Waals surface area contributed by atoms with E-state index in [4.69, 9.17) is 0 Å². The molecule has 0 unspecified atom stereocenters. The first-order chi connectivity index (χ1) is 8.60. The predicted molar refractivity (Wildman–Crippen MR) is 62.9 cm³/mol. The van der Waals surface area contributed by atoms with E-state index in [1.807, 2.05) is 0 Å². The third kappa shape index (κ3) is 3.41. The van der Waals surface area contributed by atoms with Crippen molar-refractivity contribution in [3.8, 4) is 0 Å². The Hall–Kier alpha value is -2.17. The molecule has 0 amide bonds. The fraction of sp³-hybridized carbons (Fsp3) is 0.308. The van der Waals surface area contributed by atoms with Gasteiger partial charge in [-0.15, -0.1) is 0 Å². The SMILES string of the molecule is COC(=O)C(CC(=O)c1ccccc1)C(=O)OC. The number of hydrogen-bond acceptors (Lipinski definition) is 5. The van der Waals surface area contributed by atoms with Crippen LogP contribution >= 0.6 is 0 Å². The molecule has 5 heteroatoms. The smallest absolute Gasteiger partial charge is 0.320 e. The Morgan fingerprint density at radius 2 is 1.50 bits per heavy atom. The van der Waals surface area contributed by atoms with Crippen molar-refractivity contribution in [3.05, 3.63) is 35.9 Å². The lowest BCUT2D eigenvalue weighted by Crippen LogP contribution is -2.28. The van der Waals surface area contributed by atoms with Crippen molar-refractivity contribution in [2.24, 2.45) is 5.92 Å². The Morgan fingerprint density at radius 3 is 1.94 bits per heavy atom. The summed E-state index contributed by atoms with van der Waals surface area (Å²) in [6.45, 7) is 0. The van der Waals surface area contributed by atoms with Gasteiger partial charge in [0.2, 0.25) is 0 Å². The van der Waals surface area contributed by atoms with Crippen LogP contribution in [0.25, 0.3) is 0 Å². The Labute approximate surface area is 105 Å². The van der Waals surface area contributed by atoms with E-state index in [1.54, 1.807) is 30.3 Å². The van der Waals surface area contributed by atoms with E-state index in [0.717, 1.165) is 14.2 Å². The Kier molecular flexibility index (Phi) is 5.05. The van der Waals surface area contributed by atoms with E-state index in [0.29, 0.717) is 5.56 Å². The normalized spacial score (nSPS) is 9.94. The number of esters is 2. The molecule has 0 aliphatic rings. The maximum Gasteiger partial charge on any atom is 0.320 e. The van der Waals surface area contributed by atoms with E-state index >= 15 is 0 Å². The van der Waals surface area contributed by atoms with Crippen LogP contribution in [0.1, 0.15) is 16.8 Å². The number of carbonyl (C=O) groups is 3. The van der Waals surface area contributed by atoms with Crippen LogP contribution in [0.4, 0.5) is 0 Å². The molecular weight excluding hydrogens is 236 g/mol. The fourth-order valence-electron chi connectivity index (χ4n) is 1.47. The van der Waals surface area contributed by atoms with Crippen LogP contribution in [0.2, 0.25) is 0 Å². The second-order valence-corrected chi connectivity index (χ2v) is 3.59. The molecule has 5 nitrogen and oxygen atoms in total. The summed E-state index contributed by atoms with van der Waals surface area (Å²) in [5.74, 6) is -3.07. The van der Waals surface area contributed by atoms with Gasteiger partial charge in [-0.05, 0) is 0 Å². The fourth-order valence-corrected chi connectivity index (χ4v) is 1.47. The molecule has 0 spiro atoms. The van der Waals surface area contributed by atoms with Crippen LogP contribution in [-0.2, 0) is 19.1 Å². The molecule has 0 fully saturated rings. The van der Waals surface area contributed by atoms with Crippen LogP contribution in [0.15, 0.2) is 30.3 Å². The molecule has 0 saturated carbocycles. The minimum atomic E-state index is -1.22. The first-order valence-electron chi connectivity index (χ1n) is 5.34. The Morgan fingerprint density at radius 1 is 1.00 bits per heavy atom. The zero-order valence-electron chi connectivity index (χ0n) is 10.2. The number of rotatable bonds is 5. The highest BCUT2D eigenvalue weighted by molar-refractivity contribution is 6.04. The number of methoxy groups -OCH3 is 2. The van der Waals surface area contributed by atoms with Crippen molar-refractivity contribution < 1.29 is 23.9 Å². The summed E-state index contributed by atoms with van der Waals surface area (Å²) in [5, 5.41) is 0. The van der Waals surface area contributed by atoms with Crippen molar-refractivity contribution in [1.82, 2.24) is 0 Å². The third-order valence-corrected chi connectivity index (χ3v) is 2.46. The first kappa shape index (κ1) is 13.9. The number of benzene rings is 1. The number of Topliss-reactive ketones (excluding diaryl/α,β-unsaturated/α-hetero) is 1. The first-order valence-corrected chi connectivity index (χ1v) is 5.34. The van der Waals surface area contributed by atoms with Crippen LogP contribution in [0, 0.1) is 5.92 Å². The molecule has 96 valence electrons. The van der Waals surface area contributed by atoms with Crippen LogP contribution in [0.3, 0.4) is 0 Å². The summed E-state index contributed by atoms with van der Waals surface area (Å²) in [5.41, 5.74) is 0.440. The monoisotopic (exact) mass is 250 g/mol. The maximum absolute atomic E-state index is 11.9. The molecule has 0 N–H and O–H groups in total. The average Bonchev–Trinajstić information content (AvgIpc) is 2.43. The summed E-state index contributed by atoms with van der Waals surface area (Å²) in [6.07, 6.45) is -0.261. The molecule has 1 aromatic carbocycles. The van der Waals surface area contributed by atoms with Crippen LogP contribution in [-0.4, -0.2) is 31.9 Å². The van der Waals surface area contributed by atoms with Crippen LogP contribution in [0.5, 0.6) is 0 Å². The summed E-state index contributed by atoms with van der Waals surface area (Å²) >= 11 is 0. The van der Waals surface area contributed by atoms with Gasteiger partial charge in [-0.3, -0.25) is 14.4 Å². The number of hydrogen-bond donors (Lipinski definition) is 0. The number of ether oxygens (including phenoxy) is 2. The number of ketones is 1. The molecule has 18 heavy (non-hydrogen) atoms. The highest BCUT2D eigenvalue weighted by Gasteiger charge is 2.31. The Balaban J connectivity index is 2.81. The van der Waals surface area contributed by atoms with Gasteiger partial charge in [0.15, 0.2) is 11.7 Å². The van der Waals surface area contributed by atoms with Gasteiger partial charge in [0, 0.05) is 12.0 Å². The third-order valence-electron chi connectivity index (χ3n) is 2.46. The van der Waals surface area contributed by atoms with Crippen molar-refractivity contribution in [2.45, 2.75) is 6.42 Å². The van der Waals surface area contributed by atoms with E-state index < -0.39 is 17.9 Å². The molecule has 0 saturated heterocycles. The van der Waals surface area contributed by atoms with E-state index in [1.165, 1.54) is 0 Å². The summed E-state index contributed by atoms with van der Waals surface area (Å²) in [7, 11) is 2.32. The topological polar surface area (TPSA) is 69.7 Å². The highest BCUT2D eigenvalue weighted by atomic mass is 16.5. The minimum absolute atomic E-state index is 0.261. The van der Waals surface area contributed by atoms with Gasteiger partial charge >= 0.3 is 11.9 Å². The lowest BCUT2D eigenvalue weighted by atomic mass is 9.98. The second kappa shape index (κ2) is 6.54. The molecule has 1 aromatic rings. The summed E-state index contributed by atoms with van der Waals surface area (Å²) < 4.78 is 8.96.